The molecule has 8 heteroatoms. The van der Waals surface area contributed by atoms with Crippen LogP contribution in [0.4, 0.5) is 10.1 Å². The Morgan fingerprint density at radius 1 is 1.10 bits per heavy atom. The molecule has 0 aromatic heterocycles. The highest BCUT2D eigenvalue weighted by molar-refractivity contribution is 7.92. The summed E-state index contributed by atoms with van der Waals surface area (Å²) in [6, 6.07) is 12.5. The Morgan fingerprint density at radius 2 is 1.71 bits per heavy atom. The molecule has 3 rings (SSSR count). The van der Waals surface area contributed by atoms with Crippen LogP contribution in [0.3, 0.4) is 0 Å². The highest BCUT2D eigenvalue weighted by atomic mass is 32.2. The zero-order valence-corrected chi connectivity index (χ0v) is 18.9. The fourth-order valence-electron chi connectivity index (χ4n) is 4.03. The quantitative estimate of drug-likeness (QED) is 0.641. The third kappa shape index (κ3) is 5.83. The van der Waals surface area contributed by atoms with Crippen molar-refractivity contribution in [1.29, 1.82) is 0 Å². The normalized spacial score (nSPS) is 15.6. The van der Waals surface area contributed by atoms with E-state index >= 15 is 0 Å². The number of carbonyl (C=O) groups excluding carboxylic acids is 1. The standard InChI is InChI=1S/C23H30FN3O3S/c1-3-21(27(31(2,29)30)22-13-7-6-12-20(22)24)23(28)25-16-18-10-4-5-11-19(18)17-26-14-8-9-15-26/h4-7,10-13,21H,3,8-9,14-17H2,1-2H3,(H,25,28). The first kappa shape index (κ1) is 23.2. The maximum Gasteiger partial charge on any atom is 0.244 e. The van der Waals surface area contributed by atoms with Crippen molar-refractivity contribution < 1.29 is 17.6 Å². The number of amides is 1. The Bertz CT molecular complexity index is 1010. The Morgan fingerprint density at radius 3 is 2.32 bits per heavy atom. The van der Waals surface area contributed by atoms with E-state index in [0.29, 0.717) is 0 Å². The number of likely N-dealkylation sites (tertiary alicyclic amines) is 1. The van der Waals surface area contributed by atoms with Crippen molar-refractivity contribution in [1.82, 2.24) is 10.2 Å². The molecule has 1 aliphatic rings. The van der Waals surface area contributed by atoms with Gasteiger partial charge < -0.3 is 5.32 Å². The van der Waals surface area contributed by atoms with Crippen LogP contribution in [0.25, 0.3) is 0 Å². The van der Waals surface area contributed by atoms with Crippen molar-refractivity contribution in [3.05, 3.63) is 65.5 Å². The molecular weight excluding hydrogens is 417 g/mol. The number of sulfonamides is 1. The van der Waals surface area contributed by atoms with E-state index in [9.17, 15) is 17.6 Å². The SMILES string of the molecule is CCC(C(=O)NCc1ccccc1CN1CCCC1)N(c1ccccc1F)S(C)(=O)=O. The summed E-state index contributed by atoms with van der Waals surface area (Å²) in [4.78, 5) is 15.4. The lowest BCUT2D eigenvalue weighted by Gasteiger charge is -2.30. The Balaban J connectivity index is 1.77. The summed E-state index contributed by atoms with van der Waals surface area (Å²) in [6.45, 7) is 4.97. The average Bonchev–Trinajstić information content (AvgIpc) is 3.24. The molecule has 2 aromatic carbocycles. The molecule has 0 bridgehead atoms. The minimum absolute atomic E-state index is 0.124. The number of rotatable bonds is 9. The molecule has 0 radical (unpaired) electrons. The Labute approximate surface area is 184 Å². The molecule has 2 aromatic rings. The zero-order chi connectivity index (χ0) is 22.4. The van der Waals surface area contributed by atoms with E-state index < -0.39 is 27.8 Å². The van der Waals surface area contributed by atoms with E-state index in [0.717, 1.165) is 41.3 Å². The van der Waals surface area contributed by atoms with Crippen LogP contribution in [0.15, 0.2) is 48.5 Å². The highest BCUT2D eigenvalue weighted by Crippen LogP contribution is 2.25. The van der Waals surface area contributed by atoms with Gasteiger partial charge in [0.25, 0.3) is 0 Å². The molecule has 1 amide bonds. The number of hydrogen-bond acceptors (Lipinski definition) is 4. The van der Waals surface area contributed by atoms with Crippen molar-refractivity contribution in [3.8, 4) is 0 Å². The van der Waals surface area contributed by atoms with Crippen molar-refractivity contribution >= 4 is 21.6 Å². The van der Waals surface area contributed by atoms with Crippen LogP contribution in [0.5, 0.6) is 0 Å². The van der Waals surface area contributed by atoms with Crippen LogP contribution >= 0.6 is 0 Å². The van der Waals surface area contributed by atoms with Crippen LogP contribution < -0.4 is 9.62 Å². The maximum absolute atomic E-state index is 14.4. The zero-order valence-electron chi connectivity index (χ0n) is 18.1. The van der Waals surface area contributed by atoms with Gasteiger partial charge in [0.05, 0.1) is 11.9 Å². The first-order valence-corrected chi connectivity index (χ1v) is 12.5. The van der Waals surface area contributed by atoms with Gasteiger partial charge in [-0.05, 0) is 55.6 Å². The lowest BCUT2D eigenvalue weighted by atomic mass is 10.1. The van der Waals surface area contributed by atoms with E-state index in [4.69, 9.17) is 0 Å². The minimum atomic E-state index is -3.88. The van der Waals surface area contributed by atoms with Crippen LogP contribution in [-0.2, 0) is 27.9 Å². The summed E-state index contributed by atoms with van der Waals surface area (Å²) in [7, 11) is -3.88. The van der Waals surface area contributed by atoms with Gasteiger partial charge in [0, 0.05) is 13.1 Å². The number of halogens is 1. The third-order valence-corrected chi connectivity index (χ3v) is 6.75. The van der Waals surface area contributed by atoms with Gasteiger partial charge >= 0.3 is 0 Å². The van der Waals surface area contributed by atoms with E-state index in [1.165, 1.54) is 31.0 Å². The van der Waals surface area contributed by atoms with Crippen LogP contribution in [0.1, 0.15) is 37.3 Å². The number of hydrogen-bond donors (Lipinski definition) is 1. The fourth-order valence-corrected chi connectivity index (χ4v) is 5.24. The molecule has 1 N–H and O–H groups in total. The highest BCUT2D eigenvalue weighted by Gasteiger charge is 2.33. The van der Waals surface area contributed by atoms with Crippen molar-refractivity contribution in [2.24, 2.45) is 0 Å². The van der Waals surface area contributed by atoms with E-state index in [-0.39, 0.29) is 18.7 Å². The van der Waals surface area contributed by atoms with Crippen LogP contribution in [0.2, 0.25) is 0 Å². The molecule has 168 valence electrons. The second-order valence-corrected chi connectivity index (χ2v) is 9.76. The fraction of sp³-hybridized carbons (Fsp3) is 0.435. The van der Waals surface area contributed by atoms with E-state index in [1.807, 2.05) is 18.2 Å². The number of para-hydroxylation sites is 1. The van der Waals surface area contributed by atoms with E-state index in [2.05, 4.69) is 16.3 Å². The average molecular weight is 448 g/mol. The van der Waals surface area contributed by atoms with Crippen molar-refractivity contribution in [3.63, 3.8) is 0 Å². The molecule has 1 unspecified atom stereocenters. The summed E-state index contributed by atoms with van der Waals surface area (Å²) in [5.74, 6) is -1.14. The van der Waals surface area contributed by atoms with Gasteiger partial charge in [0.2, 0.25) is 15.9 Å². The lowest BCUT2D eigenvalue weighted by molar-refractivity contribution is -0.122. The number of carbonyl (C=O) groups is 1. The van der Waals surface area contributed by atoms with Gasteiger partial charge in [-0.1, -0.05) is 43.3 Å². The summed E-state index contributed by atoms with van der Waals surface area (Å²) < 4.78 is 40.2. The topological polar surface area (TPSA) is 69.7 Å². The van der Waals surface area contributed by atoms with Crippen molar-refractivity contribution in [2.45, 2.75) is 45.3 Å². The van der Waals surface area contributed by atoms with E-state index in [1.54, 1.807) is 13.0 Å². The smallest absolute Gasteiger partial charge is 0.244 e. The van der Waals surface area contributed by atoms with Gasteiger partial charge in [-0.25, -0.2) is 12.8 Å². The molecule has 1 aliphatic heterocycles. The first-order valence-electron chi connectivity index (χ1n) is 10.6. The molecule has 1 atom stereocenters. The summed E-state index contributed by atoms with van der Waals surface area (Å²) in [5.41, 5.74) is 2.02. The molecule has 1 fully saturated rings. The second-order valence-electron chi connectivity index (χ2n) is 7.90. The Hall–Kier alpha value is -2.45. The Kier molecular flexibility index (Phi) is 7.67. The number of benzene rings is 2. The van der Waals surface area contributed by atoms with Crippen LogP contribution in [-0.4, -0.2) is 44.6 Å². The molecule has 0 aliphatic carbocycles. The van der Waals surface area contributed by atoms with Gasteiger partial charge in [0.15, 0.2) is 0 Å². The third-order valence-electron chi connectivity index (χ3n) is 5.58. The van der Waals surface area contributed by atoms with Crippen LogP contribution in [0, 0.1) is 5.82 Å². The molecule has 1 saturated heterocycles. The first-order chi connectivity index (χ1) is 14.8. The predicted octanol–water partition coefficient (Wildman–Crippen LogP) is 3.28. The van der Waals surface area contributed by atoms with Gasteiger partial charge in [-0.15, -0.1) is 0 Å². The summed E-state index contributed by atoms with van der Waals surface area (Å²) in [6.07, 6.45) is 3.60. The molecule has 6 nitrogen and oxygen atoms in total. The monoisotopic (exact) mass is 447 g/mol. The molecular formula is C23H30FN3O3S. The summed E-state index contributed by atoms with van der Waals surface area (Å²) >= 11 is 0. The molecule has 31 heavy (non-hydrogen) atoms. The predicted molar refractivity (Wildman–Crippen MR) is 121 cm³/mol. The van der Waals surface area contributed by atoms with Gasteiger partial charge in [-0.3, -0.25) is 14.0 Å². The van der Waals surface area contributed by atoms with Gasteiger partial charge in [-0.2, -0.15) is 0 Å². The number of nitrogens with zero attached hydrogens (tertiary/aromatic N) is 2. The number of nitrogens with one attached hydrogen (secondary N) is 1. The maximum atomic E-state index is 14.4. The largest absolute Gasteiger partial charge is 0.350 e. The molecule has 0 spiro atoms. The van der Waals surface area contributed by atoms with Crippen molar-refractivity contribution in [2.75, 3.05) is 23.7 Å². The summed E-state index contributed by atoms with van der Waals surface area (Å²) in [5, 5.41) is 2.87. The number of anilines is 1. The second kappa shape index (κ2) is 10.2. The molecule has 1 heterocycles. The molecule has 0 saturated carbocycles. The van der Waals surface area contributed by atoms with Gasteiger partial charge in [0.1, 0.15) is 11.9 Å². The minimum Gasteiger partial charge on any atom is -0.350 e. The lowest BCUT2D eigenvalue weighted by Crippen LogP contribution is -2.49.